The number of hydrogen-bond donors (Lipinski definition) is 0. The quantitative estimate of drug-likeness (QED) is 0.115. The second-order valence-electron chi connectivity index (χ2n) is 32.5. The van der Waals surface area contributed by atoms with E-state index < -0.39 is 10.8 Å². The molecule has 2 spiro atoms. The van der Waals surface area contributed by atoms with Crippen LogP contribution >= 0.6 is 23.5 Å². The van der Waals surface area contributed by atoms with E-state index >= 15 is 0 Å². The lowest BCUT2D eigenvalue weighted by molar-refractivity contribution is 0.723. The third-order valence-electron chi connectivity index (χ3n) is 25.7. The van der Waals surface area contributed by atoms with E-state index in [2.05, 4.69) is 437 Å². The number of benzene rings is 18. The van der Waals surface area contributed by atoms with Crippen LogP contribution in [0, 0.1) is 0 Å². The van der Waals surface area contributed by atoms with Gasteiger partial charge in [0.15, 0.2) is 11.6 Å². The van der Waals surface area contributed by atoms with Gasteiger partial charge in [-0.1, -0.05) is 388 Å². The van der Waals surface area contributed by atoms with Crippen LogP contribution in [-0.4, -0.2) is 19.9 Å². The van der Waals surface area contributed by atoms with Crippen molar-refractivity contribution >= 4 is 23.5 Å². The van der Waals surface area contributed by atoms with E-state index in [0.717, 1.165) is 134 Å². The molecule has 578 valence electrons. The van der Waals surface area contributed by atoms with Crippen LogP contribution in [0.25, 0.3) is 168 Å². The van der Waals surface area contributed by atoms with Crippen LogP contribution in [-0.2, 0) is 10.8 Å². The molecule has 0 fully saturated rings. The summed E-state index contributed by atoms with van der Waals surface area (Å²) in [6.45, 7) is 0. The average Bonchev–Trinajstić information content (AvgIpc) is 1.50. The van der Waals surface area contributed by atoms with Crippen molar-refractivity contribution in [3.05, 3.63) is 493 Å². The van der Waals surface area contributed by atoms with Gasteiger partial charge in [-0.15, -0.1) is 0 Å². The van der Waals surface area contributed by atoms with E-state index in [1.54, 1.807) is 0 Å². The van der Waals surface area contributed by atoms with Gasteiger partial charge in [0, 0.05) is 53.0 Å². The lowest BCUT2D eigenvalue weighted by Gasteiger charge is -2.40. The molecule has 0 saturated heterocycles. The third kappa shape index (κ3) is 12.1. The molecule has 0 unspecified atom stereocenters. The highest BCUT2D eigenvalue weighted by molar-refractivity contribution is 7.99. The molecular formula is C118H74N4S2. The van der Waals surface area contributed by atoms with Gasteiger partial charge in [0.2, 0.25) is 0 Å². The molecule has 2 aromatic heterocycles. The predicted molar refractivity (Wildman–Crippen MR) is 511 cm³/mol. The zero-order valence-corrected chi connectivity index (χ0v) is 69.0. The van der Waals surface area contributed by atoms with Crippen molar-refractivity contribution in [3.63, 3.8) is 0 Å². The van der Waals surface area contributed by atoms with Crippen molar-refractivity contribution in [2.24, 2.45) is 0 Å². The molecule has 124 heavy (non-hydrogen) atoms. The summed E-state index contributed by atoms with van der Waals surface area (Å²) >= 11 is 3.75. The van der Waals surface area contributed by atoms with Crippen LogP contribution in [0.2, 0.25) is 0 Å². The normalized spacial score (nSPS) is 13.1. The fraction of sp³-hybridized carbons (Fsp3) is 0.0169. The summed E-state index contributed by atoms with van der Waals surface area (Å²) < 4.78 is 0. The maximum absolute atomic E-state index is 5.64. The number of hydrogen-bond acceptors (Lipinski definition) is 6. The second-order valence-corrected chi connectivity index (χ2v) is 34.7. The Morgan fingerprint density at radius 3 is 0.815 bits per heavy atom. The van der Waals surface area contributed by atoms with Crippen LogP contribution in [0.5, 0.6) is 0 Å². The number of aromatic nitrogens is 4. The maximum Gasteiger partial charge on any atom is 0.160 e. The smallest absolute Gasteiger partial charge is 0.160 e. The zero-order valence-electron chi connectivity index (χ0n) is 67.3. The average molecular weight is 1610 g/mol. The van der Waals surface area contributed by atoms with Crippen molar-refractivity contribution in [1.82, 2.24) is 19.9 Å². The van der Waals surface area contributed by atoms with Gasteiger partial charge in [0.1, 0.15) is 0 Å². The summed E-state index contributed by atoms with van der Waals surface area (Å²) in [7, 11) is 0. The molecule has 24 rings (SSSR count). The molecule has 2 aliphatic carbocycles. The van der Waals surface area contributed by atoms with E-state index in [1.807, 2.05) is 35.7 Å². The lowest BCUT2D eigenvalue weighted by atomic mass is 9.66. The topological polar surface area (TPSA) is 51.6 Å². The van der Waals surface area contributed by atoms with Gasteiger partial charge in [-0.05, 0) is 230 Å². The first-order valence-electron chi connectivity index (χ1n) is 42.4. The first kappa shape index (κ1) is 72.8. The summed E-state index contributed by atoms with van der Waals surface area (Å²) in [6.07, 6.45) is 0. The van der Waals surface area contributed by atoms with Gasteiger partial charge in [0.25, 0.3) is 0 Å². The van der Waals surface area contributed by atoms with E-state index in [0.29, 0.717) is 11.6 Å². The minimum atomic E-state index is -0.677. The minimum absolute atomic E-state index is 0.496. The van der Waals surface area contributed by atoms with Crippen molar-refractivity contribution < 1.29 is 0 Å². The maximum atomic E-state index is 5.64. The monoisotopic (exact) mass is 1610 g/mol. The highest BCUT2D eigenvalue weighted by Gasteiger charge is 2.52. The highest BCUT2D eigenvalue weighted by Crippen LogP contribution is 2.65. The van der Waals surface area contributed by atoms with Crippen LogP contribution in [0.1, 0.15) is 44.5 Å². The van der Waals surface area contributed by atoms with Gasteiger partial charge in [-0.2, -0.15) is 0 Å². The molecule has 0 bridgehead atoms. The molecule has 0 saturated carbocycles. The molecule has 0 radical (unpaired) electrons. The number of nitrogens with zero attached hydrogens (tertiary/aromatic N) is 4. The number of fused-ring (bicyclic) bond motifs is 18. The molecule has 4 heterocycles. The molecule has 0 amide bonds. The standard InChI is InChI=1S/C118H74N4S2/c1-6-29-75(30-7-1)91-60-55-82(85-59-64-112-104(72-85)117(103-53-24-25-54-111(103)123-112)99-49-20-16-45-93(99)94-46-17-21-50-100(94)117)68-97(91)87-42-28-44-89(67-87)115-119-109(79-37-14-5-15-38-79)74-110(122-115)88-43-27-40-81(66-88)84-58-63-114-106(71-84)118(101-51-22-18-47-95(101)96-48-19-23-52-102(96)118)105-70-83(57-62-113(105)124-114)80-39-26-41-86(65-80)98-69-90(56-61-92(98)76-31-8-2-9-32-76)116-120-107(77-33-10-3-11-34-77)73-108(121-116)78-35-12-4-13-36-78/h1-74H. The first-order valence-corrected chi connectivity index (χ1v) is 44.0. The summed E-state index contributed by atoms with van der Waals surface area (Å²) in [5.74, 6) is 1.31. The van der Waals surface area contributed by atoms with Gasteiger partial charge in [-0.25, -0.2) is 19.9 Å². The van der Waals surface area contributed by atoms with Gasteiger partial charge in [0.05, 0.1) is 33.6 Å². The predicted octanol–water partition coefficient (Wildman–Crippen LogP) is 30.6. The summed E-state index contributed by atoms with van der Waals surface area (Å²) in [6, 6.07) is 165. The highest BCUT2D eigenvalue weighted by atomic mass is 32.2. The minimum Gasteiger partial charge on any atom is -0.228 e. The zero-order chi connectivity index (χ0) is 81.8. The summed E-state index contributed by atoms with van der Waals surface area (Å²) in [5, 5.41) is 0. The van der Waals surface area contributed by atoms with Gasteiger partial charge < -0.3 is 0 Å². The second kappa shape index (κ2) is 29.9. The Kier molecular flexibility index (Phi) is 17.6. The molecular weight excluding hydrogens is 1540 g/mol. The van der Waals surface area contributed by atoms with Crippen LogP contribution in [0.4, 0.5) is 0 Å². The third-order valence-corrected chi connectivity index (χ3v) is 28.0. The molecule has 0 N–H and O–H groups in total. The van der Waals surface area contributed by atoms with E-state index in [1.165, 1.54) is 86.3 Å². The lowest BCUT2D eigenvalue weighted by Crippen LogP contribution is -2.32. The fourth-order valence-corrected chi connectivity index (χ4v) is 22.4. The van der Waals surface area contributed by atoms with E-state index in [4.69, 9.17) is 19.9 Å². The Labute approximate surface area is 729 Å². The van der Waals surface area contributed by atoms with Gasteiger partial charge >= 0.3 is 0 Å². The van der Waals surface area contributed by atoms with Crippen molar-refractivity contribution in [3.8, 4) is 168 Å². The molecule has 20 aromatic rings. The number of rotatable bonds is 13. The van der Waals surface area contributed by atoms with Crippen LogP contribution < -0.4 is 0 Å². The summed E-state index contributed by atoms with van der Waals surface area (Å²) in [5.41, 5.74) is 39.4. The Hall–Kier alpha value is -15.2. The molecule has 4 nitrogen and oxygen atoms in total. The SMILES string of the molecule is c1ccc(-c2cc(-c3cccc(-c4ccc5c(c4)C4(c6cc(-c7cccc(-c8cc(-c9nc(-c%10ccccc%10)cc(-c%10ccccc%10)n9)ccc8-c8ccccc8)c7)ccc6S5)c5ccccc5-c5ccccc54)c3)nc(-c3cccc(-c4cc(-c5ccc6c(c5)C5(c7ccccc7S6)c6ccccc6-c6ccccc65)ccc4-c4ccccc4)c3)n2)cc1. The van der Waals surface area contributed by atoms with E-state index in [9.17, 15) is 0 Å². The molecule has 6 heteroatoms. The Balaban J connectivity index is 0.607. The molecule has 2 aliphatic heterocycles. The van der Waals surface area contributed by atoms with Gasteiger partial charge in [-0.3, -0.25) is 0 Å². The Morgan fingerprint density at radius 2 is 0.395 bits per heavy atom. The first-order chi connectivity index (χ1) is 61.4. The Bertz CT molecular complexity index is 7530. The molecule has 4 aliphatic rings. The van der Waals surface area contributed by atoms with E-state index in [-0.39, 0.29) is 0 Å². The van der Waals surface area contributed by atoms with Crippen molar-refractivity contribution in [2.75, 3.05) is 0 Å². The van der Waals surface area contributed by atoms with Crippen LogP contribution in [0.3, 0.4) is 0 Å². The largest absolute Gasteiger partial charge is 0.228 e. The Morgan fingerprint density at radius 1 is 0.137 bits per heavy atom. The van der Waals surface area contributed by atoms with Crippen LogP contribution in [0.15, 0.2) is 468 Å². The fourth-order valence-electron chi connectivity index (χ4n) is 20.0. The molecule has 0 atom stereocenters. The van der Waals surface area contributed by atoms with Crippen molar-refractivity contribution in [1.29, 1.82) is 0 Å². The molecule has 18 aromatic carbocycles. The van der Waals surface area contributed by atoms with Crippen molar-refractivity contribution in [2.45, 2.75) is 30.4 Å². The summed E-state index contributed by atoms with van der Waals surface area (Å²) in [4.78, 5) is 26.8.